The van der Waals surface area contributed by atoms with Gasteiger partial charge >= 0.3 is 0 Å². The SMILES string of the molecule is CC/C=C/[C]1CCC([C]2CCC(/C=C/CC)CC2)CC1. The molecular formula is C20H32. The van der Waals surface area contributed by atoms with Crippen molar-refractivity contribution in [1.82, 2.24) is 0 Å². The van der Waals surface area contributed by atoms with E-state index in [0.717, 1.165) is 11.8 Å². The smallest absolute Gasteiger partial charge is 0.00271 e. The van der Waals surface area contributed by atoms with E-state index < -0.39 is 0 Å². The Balaban J connectivity index is 1.70. The van der Waals surface area contributed by atoms with Crippen molar-refractivity contribution >= 4 is 0 Å². The summed E-state index contributed by atoms with van der Waals surface area (Å²) in [5.41, 5.74) is 0. The zero-order valence-corrected chi connectivity index (χ0v) is 13.5. The van der Waals surface area contributed by atoms with Gasteiger partial charge in [-0.25, -0.2) is 0 Å². The monoisotopic (exact) mass is 272 g/mol. The molecule has 0 nitrogen and oxygen atoms in total. The summed E-state index contributed by atoms with van der Waals surface area (Å²) >= 11 is 0. The molecule has 0 heteroatoms. The topological polar surface area (TPSA) is 0 Å². The fourth-order valence-corrected chi connectivity index (χ4v) is 3.79. The fourth-order valence-electron chi connectivity index (χ4n) is 3.79. The number of rotatable bonds is 5. The molecule has 0 atom stereocenters. The summed E-state index contributed by atoms with van der Waals surface area (Å²) < 4.78 is 0. The van der Waals surface area contributed by atoms with Crippen molar-refractivity contribution in [2.24, 2.45) is 11.8 Å². The molecule has 0 aromatic rings. The van der Waals surface area contributed by atoms with E-state index in [2.05, 4.69) is 38.2 Å². The van der Waals surface area contributed by atoms with Gasteiger partial charge in [-0.05, 0) is 87.9 Å². The molecule has 0 amide bonds. The van der Waals surface area contributed by atoms with Crippen LogP contribution >= 0.6 is 0 Å². The van der Waals surface area contributed by atoms with Crippen LogP contribution in [0.4, 0.5) is 0 Å². The highest BCUT2D eigenvalue weighted by Crippen LogP contribution is 2.43. The van der Waals surface area contributed by atoms with Gasteiger partial charge < -0.3 is 0 Å². The van der Waals surface area contributed by atoms with Crippen LogP contribution in [0.15, 0.2) is 24.3 Å². The lowest BCUT2D eigenvalue weighted by Gasteiger charge is -2.36. The first kappa shape index (κ1) is 15.9. The van der Waals surface area contributed by atoms with Crippen LogP contribution in [0.2, 0.25) is 0 Å². The van der Waals surface area contributed by atoms with Crippen LogP contribution in [0, 0.1) is 23.7 Å². The van der Waals surface area contributed by atoms with E-state index in [1.807, 2.05) is 5.92 Å². The molecule has 2 saturated carbocycles. The average Bonchev–Trinajstić information content (AvgIpc) is 2.52. The van der Waals surface area contributed by atoms with Gasteiger partial charge in [0.05, 0.1) is 0 Å². The van der Waals surface area contributed by atoms with Crippen LogP contribution in [0.1, 0.15) is 78.1 Å². The number of allylic oxidation sites excluding steroid dienone is 4. The molecule has 0 aromatic heterocycles. The maximum atomic E-state index is 2.47. The molecule has 0 unspecified atom stereocenters. The molecule has 2 aliphatic carbocycles. The molecule has 2 rings (SSSR count). The molecule has 0 N–H and O–H groups in total. The van der Waals surface area contributed by atoms with Crippen molar-refractivity contribution in [2.75, 3.05) is 0 Å². The lowest BCUT2D eigenvalue weighted by atomic mass is 9.69. The Morgan fingerprint density at radius 2 is 1.50 bits per heavy atom. The summed E-state index contributed by atoms with van der Waals surface area (Å²) in [4.78, 5) is 0. The maximum Gasteiger partial charge on any atom is -0.00271 e. The Labute approximate surface area is 126 Å². The second kappa shape index (κ2) is 8.70. The van der Waals surface area contributed by atoms with Crippen molar-refractivity contribution in [1.29, 1.82) is 0 Å². The first-order chi connectivity index (χ1) is 9.83. The van der Waals surface area contributed by atoms with E-state index in [4.69, 9.17) is 0 Å². The van der Waals surface area contributed by atoms with Gasteiger partial charge in [-0.1, -0.05) is 38.2 Å². The third-order valence-corrected chi connectivity index (χ3v) is 5.11. The van der Waals surface area contributed by atoms with Crippen LogP contribution in [0.5, 0.6) is 0 Å². The quantitative estimate of drug-likeness (QED) is 0.505. The van der Waals surface area contributed by atoms with Gasteiger partial charge in [-0.3, -0.25) is 0 Å². The van der Waals surface area contributed by atoms with Crippen molar-refractivity contribution in [3.8, 4) is 0 Å². The molecule has 0 saturated heterocycles. The van der Waals surface area contributed by atoms with Gasteiger partial charge in [0.2, 0.25) is 0 Å². The average molecular weight is 272 g/mol. The van der Waals surface area contributed by atoms with Crippen molar-refractivity contribution in [3.63, 3.8) is 0 Å². The van der Waals surface area contributed by atoms with Crippen LogP contribution in [-0.2, 0) is 0 Å². The second-order valence-corrected chi connectivity index (χ2v) is 6.58. The predicted octanol–water partition coefficient (Wildman–Crippen LogP) is 6.45. The summed E-state index contributed by atoms with van der Waals surface area (Å²) in [5, 5.41) is 0. The molecule has 20 heavy (non-hydrogen) atoms. The summed E-state index contributed by atoms with van der Waals surface area (Å²) in [7, 11) is 0. The van der Waals surface area contributed by atoms with Gasteiger partial charge in [0.1, 0.15) is 0 Å². The second-order valence-electron chi connectivity index (χ2n) is 6.58. The Morgan fingerprint density at radius 3 is 2.10 bits per heavy atom. The normalized spacial score (nSPS) is 25.1. The van der Waals surface area contributed by atoms with Gasteiger partial charge in [-0.15, -0.1) is 0 Å². The molecule has 0 bridgehead atoms. The zero-order chi connectivity index (χ0) is 14.2. The highest BCUT2D eigenvalue weighted by molar-refractivity contribution is 5.14. The minimum absolute atomic E-state index is 0.872. The van der Waals surface area contributed by atoms with Gasteiger partial charge in [-0.2, -0.15) is 0 Å². The summed E-state index contributed by atoms with van der Waals surface area (Å²) in [5.74, 6) is 5.43. The Bertz CT molecular complexity index is 264. The minimum atomic E-state index is 0.872. The molecule has 112 valence electrons. The van der Waals surface area contributed by atoms with Crippen LogP contribution in [0.3, 0.4) is 0 Å². The van der Waals surface area contributed by atoms with Crippen LogP contribution in [-0.4, -0.2) is 0 Å². The summed E-state index contributed by atoms with van der Waals surface area (Å²) in [6.45, 7) is 4.46. The van der Waals surface area contributed by atoms with E-state index in [-0.39, 0.29) is 0 Å². The molecule has 0 aromatic carbocycles. The van der Waals surface area contributed by atoms with E-state index in [1.165, 1.54) is 64.2 Å². The lowest BCUT2D eigenvalue weighted by molar-refractivity contribution is 0.320. The Kier molecular flexibility index (Phi) is 6.90. The number of hydrogen-bond donors (Lipinski definition) is 0. The van der Waals surface area contributed by atoms with Gasteiger partial charge in [0, 0.05) is 0 Å². The van der Waals surface area contributed by atoms with Crippen molar-refractivity contribution in [2.45, 2.75) is 78.1 Å². The molecular weight excluding hydrogens is 240 g/mol. The molecule has 0 spiro atoms. The largest absolute Gasteiger partial charge is 0.0885 e. The first-order valence-electron chi connectivity index (χ1n) is 8.86. The summed E-state index contributed by atoms with van der Waals surface area (Å²) in [6.07, 6.45) is 23.1. The molecule has 2 radical (unpaired) electrons. The Hall–Kier alpha value is -0.520. The Morgan fingerprint density at radius 1 is 0.850 bits per heavy atom. The molecule has 2 fully saturated rings. The van der Waals surface area contributed by atoms with Gasteiger partial charge in [0.25, 0.3) is 0 Å². The maximum absolute atomic E-state index is 2.47. The van der Waals surface area contributed by atoms with E-state index in [1.54, 1.807) is 5.92 Å². The van der Waals surface area contributed by atoms with E-state index in [9.17, 15) is 0 Å². The van der Waals surface area contributed by atoms with E-state index >= 15 is 0 Å². The first-order valence-corrected chi connectivity index (χ1v) is 8.86. The van der Waals surface area contributed by atoms with E-state index in [0.29, 0.717) is 0 Å². The number of hydrogen-bond acceptors (Lipinski definition) is 0. The van der Waals surface area contributed by atoms with Crippen molar-refractivity contribution < 1.29 is 0 Å². The third kappa shape index (κ3) is 4.79. The predicted molar refractivity (Wildman–Crippen MR) is 89.3 cm³/mol. The zero-order valence-electron chi connectivity index (χ0n) is 13.5. The van der Waals surface area contributed by atoms with Gasteiger partial charge in [0.15, 0.2) is 0 Å². The molecule has 0 heterocycles. The standard InChI is InChI=1S/C20H32/c1-3-5-7-17-9-13-19(14-10-17)20-15-11-18(12-16-20)8-6-4-2/h5-8,17,20H,3-4,9-16H2,1-2H3/b7-5+,8-6+. The lowest BCUT2D eigenvalue weighted by Crippen LogP contribution is -2.23. The summed E-state index contributed by atoms with van der Waals surface area (Å²) in [6, 6.07) is 0. The van der Waals surface area contributed by atoms with Crippen LogP contribution < -0.4 is 0 Å². The third-order valence-electron chi connectivity index (χ3n) is 5.11. The molecule has 0 aliphatic heterocycles. The highest BCUT2D eigenvalue weighted by Gasteiger charge is 2.30. The van der Waals surface area contributed by atoms with Crippen molar-refractivity contribution in [3.05, 3.63) is 36.1 Å². The van der Waals surface area contributed by atoms with Crippen LogP contribution in [0.25, 0.3) is 0 Å². The molecule has 2 aliphatic rings. The minimum Gasteiger partial charge on any atom is -0.0885 e. The fraction of sp³-hybridized carbons (Fsp3) is 0.700. The highest BCUT2D eigenvalue weighted by atomic mass is 14.3.